The van der Waals surface area contributed by atoms with E-state index in [0.29, 0.717) is 40.8 Å². The van der Waals surface area contributed by atoms with Crippen LogP contribution in [0.4, 0.5) is 0 Å². The molecule has 1 amide bonds. The summed E-state index contributed by atoms with van der Waals surface area (Å²) >= 11 is 0. The van der Waals surface area contributed by atoms with E-state index in [1.165, 1.54) is 0 Å². The Morgan fingerprint density at radius 2 is 1.89 bits per heavy atom. The zero-order valence-electron chi connectivity index (χ0n) is 20.4. The summed E-state index contributed by atoms with van der Waals surface area (Å²) in [4.78, 5) is 39.1. The number of fused-ring (bicyclic) bond motifs is 5. The van der Waals surface area contributed by atoms with Crippen molar-refractivity contribution in [2.24, 2.45) is 5.92 Å². The van der Waals surface area contributed by atoms with Crippen LogP contribution in [0.5, 0.6) is 5.75 Å². The largest absolute Gasteiger partial charge is 0.483 e. The first kappa shape index (κ1) is 23.4. The number of piperidine rings is 1. The maximum atomic E-state index is 12.4. The highest BCUT2D eigenvalue weighted by molar-refractivity contribution is 5.85. The van der Waals surface area contributed by atoms with Gasteiger partial charge in [-0.15, -0.1) is 0 Å². The first-order valence-electron chi connectivity index (χ1n) is 12.2. The van der Waals surface area contributed by atoms with Crippen molar-refractivity contribution >= 4 is 16.9 Å². The summed E-state index contributed by atoms with van der Waals surface area (Å²) in [6.07, 6.45) is 1.12. The molecule has 184 valence electrons. The SMILES string of the molecule is Cc1c(C)c2ccc(OCC(=O)NCCN3C[C@H]4C[C@@H](C3)c3cccc(=O)n3C4)c(C)c2oc1=O. The molecular weight excluding hydrogens is 446 g/mol. The molecule has 2 aliphatic heterocycles. The van der Waals surface area contributed by atoms with Gasteiger partial charge in [0.2, 0.25) is 0 Å². The number of aromatic nitrogens is 1. The topological polar surface area (TPSA) is 93.8 Å². The third kappa shape index (κ3) is 4.50. The zero-order chi connectivity index (χ0) is 24.7. The van der Waals surface area contributed by atoms with Crippen molar-refractivity contribution in [3.63, 3.8) is 0 Å². The highest BCUT2D eigenvalue weighted by Crippen LogP contribution is 2.34. The number of nitrogens with one attached hydrogen (secondary N) is 1. The molecule has 0 saturated carbocycles. The molecule has 35 heavy (non-hydrogen) atoms. The molecule has 1 fully saturated rings. The van der Waals surface area contributed by atoms with Gasteiger partial charge in [0.05, 0.1) is 0 Å². The first-order valence-corrected chi connectivity index (χ1v) is 12.2. The minimum Gasteiger partial charge on any atom is -0.483 e. The fourth-order valence-electron chi connectivity index (χ4n) is 5.51. The van der Waals surface area contributed by atoms with Gasteiger partial charge < -0.3 is 23.9 Å². The van der Waals surface area contributed by atoms with Crippen LogP contribution in [-0.2, 0) is 11.3 Å². The van der Waals surface area contributed by atoms with Crippen molar-refractivity contribution in [3.8, 4) is 5.75 Å². The molecule has 2 aromatic heterocycles. The lowest BCUT2D eigenvalue weighted by atomic mass is 9.83. The molecule has 3 aromatic rings. The molecule has 1 N–H and O–H groups in total. The number of carbonyl (C=O) groups is 1. The van der Waals surface area contributed by atoms with Gasteiger partial charge in [0.1, 0.15) is 11.3 Å². The van der Waals surface area contributed by atoms with Crippen LogP contribution in [0.15, 0.2) is 44.3 Å². The predicted molar refractivity (Wildman–Crippen MR) is 133 cm³/mol. The van der Waals surface area contributed by atoms with E-state index in [4.69, 9.17) is 9.15 Å². The molecule has 8 heteroatoms. The molecule has 2 atom stereocenters. The van der Waals surface area contributed by atoms with E-state index in [2.05, 4.69) is 16.3 Å². The van der Waals surface area contributed by atoms with Gasteiger partial charge in [-0.3, -0.25) is 9.59 Å². The second-order valence-corrected chi connectivity index (χ2v) is 9.80. The molecule has 0 aliphatic carbocycles. The van der Waals surface area contributed by atoms with E-state index in [0.717, 1.165) is 49.2 Å². The third-order valence-corrected chi connectivity index (χ3v) is 7.49. The Labute approximate surface area is 203 Å². The summed E-state index contributed by atoms with van der Waals surface area (Å²) in [5.74, 6) is 1.15. The van der Waals surface area contributed by atoms with Gasteiger partial charge >= 0.3 is 5.63 Å². The Morgan fingerprint density at radius 3 is 2.71 bits per heavy atom. The minimum absolute atomic E-state index is 0.0898. The van der Waals surface area contributed by atoms with Crippen molar-refractivity contribution in [1.29, 1.82) is 0 Å². The molecule has 0 spiro atoms. The molecule has 2 aliphatic rings. The fourth-order valence-corrected chi connectivity index (χ4v) is 5.51. The average molecular weight is 478 g/mol. The van der Waals surface area contributed by atoms with Gasteiger partial charge in [0, 0.05) is 66.9 Å². The Morgan fingerprint density at radius 1 is 1.06 bits per heavy atom. The van der Waals surface area contributed by atoms with E-state index in [-0.39, 0.29) is 23.7 Å². The van der Waals surface area contributed by atoms with Crippen LogP contribution in [0.2, 0.25) is 0 Å². The summed E-state index contributed by atoms with van der Waals surface area (Å²) in [6.45, 7) is 9.26. The van der Waals surface area contributed by atoms with Gasteiger partial charge in [-0.25, -0.2) is 4.79 Å². The van der Waals surface area contributed by atoms with Gasteiger partial charge in [-0.2, -0.15) is 0 Å². The van der Waals surface area contributed by atoms with Crippen molar-refractivity contribution < 1.29 is 13.9 Å². The number of benzene rings is 1. The summed E-state index contributed by atoms with van der Waals surface area (Å²) in [5, 5.41) is 3.81. The van der Waals surface area contributed by atoms with Crippen LogP contribution >= 0.6 is 0 Å². The molecule has 8 nitrogen and oxygen atoms in total. The van der Waals surface area contributed by atoms with Crippen LogP contribution in [0.1, 0.15) is 34.7 Å². The maximum Gasteiger partial charge on any atom is 0.339 e. The van der Waals surface area contributed by atoms with Crippen LogP contribution in [0.25, 0.3) is 11.0 Å². The fraction of sp³-hybridized carbons (Fsp3) is 0.444. The second-order valence-electron chi connectivity index (χ2n) is 9.80. The standard InChI is InChI=1S/C27H31N3O5/c1-16-17(2)27(33)35-26-18(3)23(8-7-21(16)26)34-15-24(31)28-9-10-29-12-19-11-20(14-29)22-5-4-6-25(32)30(22)13-19/h4-8,19-20H,9-15H2,1-3H3,(H,28,31)/t19-,20+/m1/s1. The molecule has 0 unspecified atom stereocenters. The van der Waals surface area contributed by atoms with Crippen LogP contribution in [0, 0.1) is 26.7 Å². The molecule has 2 bridgehead atoms. The molecular formula is C27H31N3O5. The minimum atomic E-state index is -0.356. The number of hydrogen-bond acceptors (Lipinski definition) is 6. The molecule has 0 radical (unpaired) electrons. The van der Waals surface area contributed by atoms with Crippen LogP contribution in [0.3, 0.4) is 0 Å². The number of hydrogen-bond donors (Lipinski definition) is 1. The highest BCUT2D eigenvalue weighted by Gasteiger charge is 2.34. The Balaban J connectivity index is 1.14. The number of nitrogens with zero attached hydrogens (tertiary/aromatic N) is 2. The average Bonchev–Trinajstić information content (AvgIpc) is 2.83. The van der Waals surface area contributed by atoms with Crippen molar-refractivity contribution in [3.05, 3.63) is 73.5 Å². The van der Waals surface area contributed by atoms with Crippen LogP contribution in [-0.4, -0.2) is 48.2 Å². The predicted octanol–water partition coefficient (Wildman–Crippen LogP) is 2.49. The maximum absolute atomic E-state index is 12.4. The van der Waals surface area contributed by atoms with Gasteiger partial charge in [0.25, 0.3) is 11.5 Å². The smallest absolute Gasteiger partial charge is 0.339 e. The molecule has 4 heterocycles. The van der Waals surface area contributed by atoms with Gasteiger partial charge in [0.15, 0.2) is 6.61 Å². The lowest BCUT2D eigenvalue weighted by Gasteiger charge is -2.42. The van der Waals surface area contributed by atoms with E-state index in [9.17, 15) is 14.4 Å². The Hall–Kier alpha value is -3.39. The lowest BCUT2D eigenvalue weighted by Crippen LogP contribution is -2.49. The van der Waals surface area contributed by atoms with Crippen molar-refractivity contribution in [2.45, 2.75) is 39.7 Å². The van der Waals surface area contributed by atoms with E-state index in [1.54, 1.807) is 13.0 Å². The summed E-state index contributed by atoms with van der Waals surface area (Å²) in [5.41, 5.74) is 3.55. The summed E-state index contributed by atoms with van der Waals surface area (Å²) in [7, 11) is 0. The number of ether oxygens (including phenoxy) is 1. The van der Waals surface area contributed by atoms with E-state index >= 15 is 0 Å². The Bertz CT molecular complexity index is 1410. The van der Waals surface area contributed by atoms with Crippen LogP contribution < -0.4 is 21.2 Å². The summed E-state index contributed by atoms with van der Waals surface area (Å²) < 4.78 is 13.2. The second kappa shape index (κ2) is 9.34. The normalized spacial score (nSPS) is 19.4. The third-order valence-electron chi connectivity index (χ3n) is 7.49. The monoisotopic (exact) mass is 477 g/mol. The van der Waals surface area contributed by atoms with Gasteiger partial charge in [-0.1, -0.05) is 6.07 Å². The lowest BCUT2D eigenvalue weighted by molar-refractivity contribution is -0.123. The number of carbonyl (C=O) groups excluding carboxylic acids is 1. The number of likely N-dealkylation sites (tertiary alicyclic amines) is 1. The van der Waals surface area contributed by atoms with Crippen molar-refractivity contribution in [2.75, 3.05) is 32.8 Å². The first-order chi connectivity index (χ1) is 16.8. The number of amides is 1. The number of aryl methyl sites for hydroxylation is 2. The zero-order valence-corrected chi connectivity index (χ0v) is 20.4. The van der Waals surface area contributed by atoms with Crippen molar-refractivity contribution in [1.82, 2.24) is 14.8 Å². The van der Waals surface area contributed by atoms with E-state index < -0.39 is 0 Å². The molecule has 5 rings (SSSR count). The number of rotatable bonds is 6. The van der Waals surface area contributed by atoms with E-state index in [1.807, 2.05) is 36.6 Å². The molecule has 1 aromatic carbocycles. The molecule has 1 saturated heterocycles. The highest BCUT2D eigenvalue weighted by atomic mass is 16.5. The summed E-state index contributed by atoms with van der Waals surface area (Å²) in [6, 6.07) is 9.22. The van der Waals surface area contributed by atoms with Gasteiger partial charge in [-0.05, 0) is 56.9 Å². The number of pyridine rings is 1. The quantitative estimate of drug-likeness (QED) is 0.549. The Kier molecular flexibility index (Phi) is 6.23.